The van der Waals surface area contributed by atoms with Gasteiger partial charge in [-0.1, -0.05) is 53.2 Å². The minimum Gasteiger partial charge on any atom is -0.497 e. The molecule has 0 saturated carbocycles. The summed E-state index contributed by atoms with van der Waals surface area (Å²) in [5.41, 5.74) is 5.23. The number of methoxy groups -OCH3 is 2. The van der Waals surface area contributed by atoms with Gasteiger partial charge in [-0.3, -0.25) is 4.90 Å². The molecule has 1 N–H and O–H groups in total. The molecule has 4 aromatic rings. The first kappa shape index (κ1) is 24.1. The van der Waals surface area contributed by atoms with Crippen LogP contribution in [0.5, 0.6) is 11.5 Å². The summed E-state index contributed by atoms with van der Waals surface area (Å²) in [6.07, 6.45) is 0. The number of carbonyl (C=O) groups excluding carboxylic acids is 1. The summed E-state index contributed by atoms with van der Waals surface area (Å²) in [4.78, 5) is 19.8. The molecule has 3 aromatic carbocycles. The van der Waals surface area contributed by atoms with Gasteiger partial charge in [0.2, 0.25) is 5.82 Å². The molecule has 8 heteroatoms. The highest BCUT2D eigenvalue weighted by molar-refractivity contribution is 5.87. The average molecular weight is 497 g/mol. The van der Waals surface area contributed by atoms with Crippen LogP contribution < -0.4 is 14.8 Å². The zero-order valence-electron chi connectivity index (χ0n) is 21.2. The van der Waals surface area contributed by atoms with E-state index in [0.717, 1.165) is 39.3 Å². The molecule has 188 valence electrons. The number of benzene rings is 3. The highest BCUT2D eigenvalue weighted by atomic mass is 16.5. The van der Waals surface area contributed by atoms with E-state index in [2.05, 4.69) is 10.5 Å². The number of carbonyl (C=O) groups is 1. The van der Waals surface area contributed by atoms with E-state index in [0.29, 0.717) is 24.0 Å². The van der Waals surface area contributed by atoms with E-state index in [4.69, 9.17) is 19.0 Å². The summed E-state index contributed by atoms with van der Waals surface area (Å²) in [6, 6.07) is 22.4. The molecule has 37 heavy (non-hydrogen) atoms. The third-order valence-electron chi connectivity index (χ3n) is 6.46. The number of aryl methyl sites for hydroxylation is 1. The summed E-state index contributed by atoms with van der Waals surface area (Å²) in [6.45, 7) is 4.29. The van der Waals surface area contributed by atoms with Crippen molar-refractivity contribution in [2.24, 2.45) is 0 Å². The second-order valence-electron chi connectivity index (χ2n) is 8.89. The minimum atomic E-state index is -0.500. The summed E-state index contributed by atoms with van der Waals surface area (Å²) in [5.74, 6) is 2.28. The second kappa shape index (κ2) is 10.2. The number of amides is 2. The molecule has 1 unspecified atom stereocenters. The molecule has 8 nitrogen and oxygen atoms in total. The Morgan fingerprint density at radius 1 is 0.946 bits per heavy atom. The molecule has 0 radical (unpaired) electrons. The van der Waals surface area contributed by atoms with Crippen molar-refractivity contribution in [1.82, 2.24) is 20.4 Å². The number of rotatable bonds is 7. The van der Waals surface area contributed by atoms with Crippen molar-refractivity contribution in [1.29, 1.82) is 0 Å². The molecule has 0 spiro atoms. The lowest BCUT2D eigenvalue weighted by Gasteiger charge is -2.35. The van der Waals surface area contributed by atoms with E-state index in [1.54, 1.807) is 19.1 Å². The molecule has 1 aliphatic rings. The standard InChI is InChI=1S/C29H28N4O4/c1-18-7-5-9-22(15-18)27-31-28(37-32-27)25-19(2)33(17-20-11-13-23(35-3)14-12-20)29(34)30-26(25)21-8-6-10-24(16-21)36-4/h5-16,26H,17H2,1-4H3,(H,30,34). The van der Waals surface area contributed by atoms with Gasteiger partial charge in [0.25, 0.3) is 5.89 Å². The predicted octanol–water partition coefficient (Wildman–Crippen LogP) is 5.76. The lowest BCUT2D eigenvalue weighted by atomic mass is 9.94. The number of allylic oxidation sites excluding steroid dienone is 1. The zero-order chi connectivity index (χ0) is 25.9. The smallest absolute Gasteiger partial charge is 0.322 e. The van der Waals surface area contributed by atoms with Gasteiger partial charge in [-0.15, -0.1) is 0 Å². The predicted molar refractivity (Wildman–Crippen MR) is 140 cm³/mol. The van der Waals surface area contributed by atoms with Crippen LogP contribution >= 0.6 is 0 Å². The average Bonchev–Trinajstić information content (AvgIpc) is 3.41. The van der Waals surface area contributed by atoms with Gasteiger partial charge in [0, 0.05) is 11.3 Å². The molecule has 1 aliphatic heterocycles. The Labute approximate surface area is 215 Å². The molecular formula is C29H28N4O4. The topological polar surface area (TPSA) is 89.7 Å². The monoisotopic (exact) mass is 496 g/mol. The lowest BCUT2D eigenvalue weighted by Crippen LogP contribution is -2.45. The van der Waals surface area contributed by atoms with E-state index in [-0.39, 0.29) is 6.03 Å². The van der Waals surface area contributed by atoms with Crippen molar-refractivity contribution in [3.8, 4) is 22.9 Å². The SMILES string of the molecule is COc1ccc(CN2C(=O)NC(c3cccc(OC)c3)C(c3nc(-c4cccc(C)c4)no3)=C2C)cc1. The van der Waals surface area contributed by atoms with Crippen LogP contribution in [-0.4, -0.2) is 35.3 Å². The van der Waals surface area contributed by atoms with Crippen LogP contribution in [0, 0.1) is 6.92 Å². The largest absolute Gasteiger partial charge is 0.497 e. The van der Waals surface area contributed by atoms with Gasteiger partial charge in [0.15, 0.2) is 0 Å². The fourth-order valence-electron chi connectivity index (χ4n) is 4.47. The van der Waals surface area contributed by atoms with Crippen LogP contribution in [0.1, 0.15) is 35.5 Å². The van der Waals surface area contributed by atoms with Crippen LogP contribution in [-0.2, 0) is 6.54 Å². The van der Waals surface area contributed by atoms with E-state index in [9.17, 15) is 4.79 Å². The third-order valence-corrected chi connectivity index (χ3v) is 6.46. The van der Waals surface area contributed by atoms with Gasteiger partial charge < -0.3 is 19.3 Å². The highest BCUT2D eigenvalue weighted by Crippen LogP contribution is 2.38. The Balaban J connectivity index is 1.59. The molecule has 5 rings (SSSR count). The molecule has 0 fully saturated rings. The Morgan fingerprint density at radius 2 is 1.70 bits per heavy atom. The summed E-state index contributed by atoms with van der Waals surface area (Å²) < 4.78 is 16.5. The van der Waals surface area contributed by atoms with Crippen LogP contribution in [0.4, 0.5) is 4.79 Å². The number of nitrogens with one attached hydrogen (secondary N) is 1. The van der Waals surface area contributed by atoms with Gasteiger partial charge in [0.05, 0.1) is 32.4 Å². The van der Waals surface area contributed by atoms with Gasteiger partial charge in [-0.2, -0.15) is 4.98 Å². The van der Waals surface area contributed by atoms with Crippen LogP contribution in [0.25, 0.3) is 17.0 Å². The van der Waals surface area contributed by atoms with Gasteiger partial charge in [-0.05, 0) is 55.3 Å². The van der Waals surface area contributed by atoms with Crippen molar-refractivity contribution in [3.63, 3.8) is 0 Å². The molecule has 1 atom stereocenters. The van der Waals surface area contributed by atoms with Gasteiger partial charge in [-0.25, -0.2) is 4.79 Å². The van der Waals surface area contributed by atoms with Crippen molar-refractivity contribution < 1.29 is 18.8 Å². The zero-order valence-corrected chi connectivity index (χ0v) is 21.2. The summed E-state index contributed by atoms with van der Waals surface area (Å²) in [7, 11) is 3.24. The van der Waals surface area contributed by atoms with E-state index in [1.165, 1.54) is 0 Å². The number of hydrogen-bond acceptors (Lipinski definition) is 6. The number of urea groups is 1. The Morgan fingerprint density at radius 3 is 2.43 bits per heavy atom. The van der Waals surface area contributed by atoms with E-state index in [1.807, 2.05) is 86.6 Å². The summed E-state index contributed by atoms with van der Waals surface area (Å²) >= 11 is 0. The van der Waals surface area contributed by atoms with Crippen LogP contribution in [0.3, 0.4) is 0 Å². The number of ether oxygens (including phenoxy) is 2. The summed E-state index contributed by atoms with van der Waals surface area (Å²) in [5, 5.41) is 7.39. The normalized spacial score (nSPS) is 15.5. The molecule has 1 aromatic heterocycles. The Bertz CT molecular complexity index is 1460. The number of aromatic nitrogens is 2. The highest BCUT2D eigenvalue weighted by Gasteiger charge is 2.36. The first-order valence-electron chi connectivity index (χ1n) is 11.9. The molecule has 0 aliphatic carbocycles. The fraction of sp³-hybridized carbons (Fsp3) is 0.207. The Kier molecular flexibility index (Phi) is 6.64. The first-order chi connectivity index (χ1) is 18.0. The molecule has 2 amide bonds. The van der Waals surface area contributed by atoms with E-state index < -0.39 is 6.04 Å². The lowest BCUT2D eigenvalue weighted by molar-refractivity contribution is 0.203. The molecule has 0 bridgehead atoms. The first-order valence-corrected chi connectivity index (χ1v) is 11.9. The van der Waals surface area contributed by atoms with Crippen LogP contribution in [0.15, 0.2) is 83.0 Å². The molecule has 0 saturated heterocycles. The van der Waals surface area contributed by atoms with Gasteiger partial charge in [0.1, 0.15) is 11.5 Å². The van der Waals surface area contributed by atoms with Crippen molar-refractivity contribution in [3.05, 3.63) is 101 Å². The van der Waals surface area contributed by atoms with Crippen molar-refractivity contribution in [2.75, 3.05) is 14.2 Å². The van der Waals surface area contributed by atoms with Crippen molar-refractivity contribution in [2.45, 2.75) is 26.4 Å². The van der Waals surface area contributed by atoms with E-state index >= 15 is 0 Å². The molecule has 2 heterocycles. The number of hydrogen-bond donors (Lipinski definition) is 1. The fourth-order valence-corrected chi connectivity index (χ4v) is 4.47. The maximum absolute atomic E-state index is 13.4. The third kappa shape index (κ3) is 4.91. The maximum Gasteiger partial charge on any atom is 0.322 e. The molecular weight excluding hydrogens is 468 g/mol. The maximum atomic E-state index is 13.4. The quantitative estimate of drug-likeness (QED) is 0.350. The number of nitrogens with zero attached hydrogens (tertiary/aromatic N) is 3. The second-order valence-corrected chi connectivity index (χ2v) is 8.89. The van der Waals surface area contributed by atoms with Crippen LogP contribution in [0.2, 0.25) is 0 Å². The Hall–Kier alpha value is -4.59. The van der Waals surface area contributed by atoms with Crippen molar-refractivity contribution >= 4 is 11.6 Å². The minimum absolute atomic E-state index is 0.219. The van der Waals surface area contributed by atoms with Gasteiger partial charge >= 0.3 is 6.03 Å².